The summed E-state index contributed by atoms with van der Waals surface area (Å²) in [7, 11) is 0. The van der Waals surface area contributed by atoms with Crippen molar-refractivity contribution in [3.05, 3.63) is 16.6 Å². The van der Waals surface area contributed by atoms with Crippen LogP contribution in [0.3, 0.4) is 0 Å². The number of hydrogen-bond donors (Lipinski definition) is 1. The fraction of sp³-hybridized carbons (Fsp3) is 0.667. The number of nitrogens with zero attached hydrogens (tertiary/aromatic N) is 2. The van der Waals surface area contributed by atoms with Gasteiger partial charge >= 0.3 is 0 Å². The van der Waals surface area contributed by atoms with Gasteiger partial charge in [-0.2, -0.15) is 0 Å². The maximum absolute atomic E-state index is 4.29. The van der Waals surface area contributed by atoms with E-state index in [1.807, 2.05) is 5.51 Å². The molecule has 0 spiro atoms. The smallest absolute Gasteiger partial charge is 0.0795 e. The van der Waals surface area contributed by atoms with Crippen molar-refractivity contribution >= 4 is 11.3 Å². The van der Waals surface area contributed by atoms with Crippen LogP contribution in [0.25, 0.3) is 0 Å². The van der Waals surface area contributed by atoms with Crippen LogP contribution in [-0.2, 0) is 6.54 Å². The number of piperazine rings is 1. The van der Waals surface area contributed by atoms with Crippen molar-refractivity contribution in [1.29, 1.82) is 0 Å². The minimum Gasteiger partial charge on any atom is -0.312 e. The van der Waals surface area contributed by atoms with Crippen molar-refractivity contribution < 1.29 is 0 Å². The second-order valence-corrected chi connectivity index (χ2v) is 4.29. The molecule has 0 amide bonds. The molecule has 13 heavy (non-hydrogen) atoms. The van der Waals surface area contributed by atoms with Crippen LogP contribution >= 0.6 is 11.3 Å². The topological polar surface area (TPSA) is 28.2 Å². The van der Waals surface area contributed by atoms with Crippen molar-refractivity contribution in [3.63, 3.8) is 0 Å². The zero-order chi connectivity index (χ0) is 9.10. The van der Waals surface area contributed by atoms with Gasteiger partial charge in [-0.05, 0) is 6.92 Å². The average Bonchev–Trinajstić information content (AvgIpc) is 2.57. The molecular weight excluding hydrogens is 182 g/mol. The Morgan fingerprint density at radius 2 is 2.69 bits per heavy atom. The van der Waals surface area contributed by atoms with Gasteiger partial charge in [0.1, 0.15) is 0 Å². The van der Waals surface area contributed by atoms with Crippen LogP contribution in [-0.4, -0.2) is 35.6 Å². The maximum atomic E-state index is 4.29. The molecule has 1 aliphatic rings. The summed E-state index contributed by atoms with van der Waals surface area (Å²) in [4.78, 5) is 6.75. The molecule has 0 saturated carbocycles. The summed E-state index contributed by atoms with van der Waals surface area (Å²) in [5.74, 6) is 0. The summed E-state index contributed by atoms with van der Waals surface area (Å²) in [6.07, 6.45) is 0. The molecule has 1 atom stereocenters. The summed E-state index contributed by atoms with van der Waals surface area (Å²) >= 11 is 1.68. The molecule has 0 bridgehead atoms. The lowest BCUT2D eigenvalue weighted by Crippen LogP contribution is -2.48. The van der Waals surface area contributed by atoms with Gasteiger partial charge in [0.25, 0.3) is 0 Å². The fourth-order valence-electron chi connectivity index (χ4n) is 1.70. The predicted molar refractivity (Wildman–Crippen MR) is 54.9 cm³/mol. The lowest BCUT2D eigenvalue weighted by atomic mass is 10.2. The standard InChI is InChI=1S/C9H15N3S/c1-8-4-12(3-2-10-8)5-9-6-13-7-11-9/h6-8,10H,2-5H2,1H3/t8-/m1/s1. The molecule has 4 heteroatoms. The van der Waals surface area contributed by atoms with E-state index >= 15 is 0 Å². The highest BCUT2D eigenvalue weighted by atomic mass is 32.1. The molecule has 0 radical (unpaired) electrons. The molecular formula is C9H15N3S. The first-order valence-electron chi connectivity index (χ1n) is 4.67. The van der Waals surface area contributed by atoms with E-state index in [1.165, 1.54) is 5.69 Å². The van der Waals surface area contributed by atoms with Crippen LogP contribution in [0.5, 0.6) is 0 Å². The minimum absolute atomic E-state index is 0.618. The zero-order valence-corrected chi connectivity index (χ0v) is 8.68. The molecule has 2 rings (SSSR count). The Kier molecular flexibility index (Phi) is 2.93. The molecule has 0 unspecified atom stereocenters. The number of rotatable bonds is 2. The van der Waals surface area contributed by atoms with Gasteiger partial charge in [0.05, 0.1) is 11.2 Å². The summed E-state index contributed by atoms with van der Waals surface area (Å²) in [5.41, 5.74) is 3.11. The molecule has 1 N–H and O–H groups in total. The van der Waals surface area contributed by atoms with E-state index < -0.39 is 0 Å². The van der Waals surface area contributed by atoms with Crippen molar-refractivity contribution in [1.82, 2.24) is 15.2 Å². The predicted octanol–water partition coefficient (Wildman–Crippen LogP) is 0.937. The van der Waals surface area contributed by atoms with E-state index in [2.05, 4.69) is 27.5 Å². The van der Waals surface area contributed by atoms with Crippen LogP contribution < -0.4 is 5.32 Å². The molecule has 1 saturated heterocycles. The number of hydrogen-bond acceptors (Lipinski definition) is 4. The molecule has 0 aliphatic carbocycles. The van der Waals surface area contributed by atoms with Crippen LogP contribution in [0.15, 0.2) is 10.9 Å². The van der Waals surface area contributed by atoms with E-state index in [0.717, 1.165) is 26.2 Å². The lowest BCUT2D eigenvalue weighted by molar-refractivity contribution is 0.198. The number of nitrogens with one attached hydrogen (secondary N) is 1. The molecule has 1 aromatic rings. The van der Waals surface area contributed by atoms with E-state index in [9.17, 15) is 0 Å². The normalized spacial score (nSPS) is 24.8. The second-order valence-electron chi connectivity index (χ2n) is 3.57. The van der Waals surface area contributed by atoms with E-state index in [0.29, 0.717) is 6.04 Å². The monoisotopic (exact) mass is 197 g/mol. The first kappa shape index (κ1) is 9.12. The van der Waals surface area contributed by atoms with Gasteiger partial charge in [-0.3, -0.25) is 4.90 Å². The van der Waals surface area contributed by atoms with Crippen LogP contribution in [0.1, 0.15) is 12.6 Å². The van der Waals surface area contributed by atoms with Crippen molar-refractivity contribution in [2.45, 2.75) is 19.5 Å². The first-order valence-corrected chi connectivity index (χ1v) is 5.61. The molecule has 1 fully saturated rings. The number of aromatic nitrogens is 1. The third kappa shape index (κ3) is 2.49. The Morgan fingerprint density at radius 3 is 3.38 bits per heavy atom. The Bertz CT molecular complexity index is 247. The van der Waals surface area contributed by atoms with Gasteiger partial charge in [0, 0.05) is 37.6 Å². The third-order valence-electron chi connectivity index (χ3n) is 2.32. The summed E-state index contributed by atoms with van der Waals surface area (Å²) in [6.45, 7) is 6.62. The lowest BCUT2D eigenvalue weighted by Gasteiger charge is -2.31. The third-order valence-corrected chi connectivity index (χ3v) is 2.96. The minimum atomic E-state index is 0.618. The maximum Gasteiger partial charge on any atom is 0.0795 e. The molecule has 2 heterocycles. The Balaban J connectivity index is 1.87. The summed E-state index contributed by atoms with van der Waals surface area (Å²) < 4.78 is 0. The van der Waals surface area contributed by atoms with Gasteiger partial charge in [0.2, 0.25) is 0 Å². The summed E-state index contributed by atoms with van der Waals surface area (Å²) in [5, 5.41) is 5.56. The zero-order valence-electron chi connectivity index (χ0n) is 7.86. The SMILES string of the molecule is C[C@@H]1CN(Cc2cscn2)CCN1. The van der Waals surface area contributed by atoms with Gasteiger partial charge in [0.15, 0.2) is 0 Å². The van der Waals surface area contributed by atoms with Gasteiger partial charge in [-0.1, -0.05) is 0 Å². The van der Waals surface area contributed by atoms with Crippen molar-refractivity contribution in [2.75, 3.05) is 19.6 Å². The quantitative estimate of drug-likeness (QED) is 0.764. The highest BCUT2D eigenvalue weighted by molar-refractivity contribution is 7.07. The van der Waals surface area contributed by atoms with E-state index in [1.54, 1.807) is 11.3 Å². The largest absolute Gasteiger partial charge is 0.312 e. The first-order chi connectivity index (χ1) is 6.34. The van der Waals surface area contributed by atoms with Crippen LogP contribution in [0.4, 0.5) is 0 Å². The fourth-order valence-corrected chi connectivity index (χ4v) is 2.25. The average molecular weight is 197 g/mol. The Labute approximate surface area is 82.8 Å². The molecule has 3 nitrogen and oxygen atoms in total. The molecule has 0 aromatic carbocycles. The second kappa shape index (κ2) is 4.17. The van der Waals surface area contributed by atoms with Gasteiger partial charge < -0.3 is 5.32 Å². The number of thiazole rings is 1. The van der Waals surface area contributed by atoms with E-state index in [4.69, 9.17) is 0 Å². The van der Waals surface area contributed by atoms with Crippen molar-refractivity contribution in [3.8, 4) is 0 Å². The highest BCUT2D eigenvalue weighted by Crippen LogP contribution is 2.07. The van der Waals surface area contributed by atoms with Crippen LogP contribution in [0.2, 0.25) is 0 Å². The summed E-state index contributed by atoms with van der Waals surface area (Å²) in [6, 6.07) is 0.618. The van der Waals surface area contributed by atoms with E-state index in [-0.39, 0.29) is 0 Å². The molecule has 1 aliphatic heterocycles. The van der Waals surface area contributed by atoms with Crippen molar-refractivity contribution in [2.24, 2.45) is 0 Å². The highest BCUT2D eigenvalue weighted by Gasteiger charge is 2.15. The van der Waals surface area contributed by atoms with Crippen LogP contribution in [0, 0.1) is 0 Å². The Hall–Kier alpha value is -0.450. The van der Waals surface area contributed by atoms with Gasteiger partial charge in [-0.15, -0.1) is 11.3 Å². The van der Waals surface area contributed by atoms with Gasteiger partial charge in [-0.25, -0.2) is 4.98 Å². The molecule has 72 valence electrons. The Morgan fingerprint density at radius 1 is 1.77 bits per heavy atom. The molecule has 1 aromatic heterocycles.